The van der Waals surface area contributed by atoms with E-state index in [9.17, 15) is 14.4 Å². The number of nitrogens with zero attached hydrogens (tertiary/aromatic N) is 1. The van der Waals surface area contributed by atoms with Crippen molar-refractivity contribution in [3.8, 4) is 0 Å². The molecule has 0 aromatic carbocycles. The molecule has 0 aromatic heterocycles. The van der Waals surface area contributed by atoms with Gasteiger partial charge in [0.15, 0.2) is 0 Å². The number of hydrogen-bond donors (Lipinski definition) is 0. The molecule has 0 atom stereocenters. The van der Waals surface area contributed by atoms with Crippen LogP contribution in [0.2, 0.25) is 0 Å². The van der Waals surface area contributed by atoms with Gasteiger partial charge in [-0.3, -0.25) is 14.4 Å². The molecule has 0 unspecified atom stereocenters. The molecule has 0 spiro atoms. The van der Waals surface area contributed by atoms with Crippen LogP contribution < -0.4 is 12.4 Å². The van der Waals surface area contributed by atoms with Crippen molar-refractivity contribution >= 4 is 17.9 Å². The van der Waals surface area contributed by atoms with Crippen LogP contribution >= 0.6 is 0 Å². The minimum absolute atomic E-state index is 0. The molecule has 0 amide bonds. The molecule has 0 N–H and O–H groups in total. The second kappa shape index (κ2) is 46.2. The molecule has 0 aliphatic heterocycles. The number of carbonyl (C=O) groups excluding carboxylic acids is 3. The molecule has 0 rings (SSSR count). The summed E-state index contributed by atoms with van der Waals surface area (Å²) < 4.78 is 18.4. The maximum absolute atomic E-state index is 13.1. The second-order valence-corrected chi connectivity index (χ2v) is 20.2. The van der Waals surface area contributed by atoms with Gasteiger partial charge in [0.05, 0.1) is 27.7 Å². The Morgan fingerprint density at radius 2 is 0.500 bits per heavy atom. The van der Waals surface area contributed by atoms with Crippen molar-refractivity contribution in [3.05, 3.63) is 0 Å². The highest BCUT2D eigenvalue weighted by atomic mass is 35.5. The van der Waals surface area contributed by atoms with Crippen molar-refractivity contribution < 1.29 is 45.5 Å². The summed E-state index contributed by atoms with van der Waals surface area (Å²) in [5.74, 6) is -0.670. The van der Waals surface area contributed by atoms with Crippen LogP contribution in [-0.4, -0.2) is 69.9 Å². The highest BCUT2D eigenvalue weighted by Gasteiger charge is 2.41. The van der Waals surface area contributed by atoms with Crippen LogP contribution in [0.3, 0.4) is 0 Å². The highest BCUT2D eigenvalue weighted by molar-refractivity contribution is 5.70. The summed E-state index contributed by atoms with van der Waals surface area (Å²) in [5, 5.41) is 0. The minimum atomic E-state index is -0.817. The Labute approximate surface area is 392 Å². The van der Waals surface area contributed by atoms with E-state index in [1.807, 2.05) is 0 Å². The van der Waals surface area contributed by atoms with Crippen LogP contribution in [0.25, 0.3) is 0 Å². The molecule has 0 saturated carbocycles. The van der Waals surface area contributed by atoms with Crippen molar-refractivity contribution in [3.63, 3.8) is 0 Å². The van der Waals surface area contributed by atoms with Crippen LogP contribution in [0.1, 0.15) is 278 Å². The molecule has 0 radical (unpaired) electrons. The summed E-state index contributed by atoms with van der Waals surface area (Å²) in [5.41, 5.74) is -0.817. The number of quaternary nitrogens is 1. The minimum Gasteiger partial charge on any atom is -1.00 e. The zero-order chi connectivity index (χ0) is 45.0. The number of carbonyl (C=O) groups is 3. The molecule has 370 valence electrons. The molecule has 0 aliphatic carbocycles. The van der Waals surface area contributed by atoms with Crippen LogP contribution in [0, 0.1) is 5.41 Å². The third kappa shape index (κ3) is 45.2. The third-order valence-corrected chi connectivity index (χ3v) is 12.4. The van der Waals surface area contributed by atoms with Gasteiger partial charge in [0.2, 0.25) is 0 Å². The first kappa shape index (κ1) is 62.7. The lowest BCUT2D eigenvalue weighted by molar-refractivity contribution is -0.877. The van der Waals surface area contributed by atoms with Gasteiger partial charge in [-0.15, -0.1) is 0 Å². The molecule has 0 bridgehead atoms. The largest absolute Gasteiger partial charge is 1.00 e. The number of hydrogen-bond acceptors (Lipinski definition) is 6. The van der Waals surface area contributed by atoms with Gasteiger partial charge < -0.3 is 31.1 Å². The van der Waals surface area contributed by atoms with E-state index in [-0.39, 0.29) is 50.1 Å². The Bertz CT molecular complexity index is 942. The fourth-order valence-corrected chi connectivity index (χ4v) is 8.69. The molecule has 0 aliphatic rings. The van der Waals surface area contributed by atoms with Gasteiger partial charge in [-0.05, 0) is 19.3 Å². The molecule has 0 saturated heterocycles. The Morgan fingerprint density at radius 3 is 0.677 bits per heavy atom. The number of ether oxygens (including phenoxy) is 3. The fraction of sp³-hybridized carbons (Fsp3) is 0.944. The predicted octanol–water partition coefficient (Wildman–Crippen LogP) is 13.0. The monoisotopic (exact) mass is 900 g/mol. The molecule has 0 aromatic rings. The van der Waals surface area contributed by atoms with Crippen molar-refractivity contribution in [2.45, 2.75) is 278 Å². The van der Waals surface area contributed by atoms with E-state index in [4.69, 9.17) is 14.2 Å². The lowest BCUT2D eigenvalue weighted by Crippen LogP contribution is -3.00. The van der Waals surface area contributed by atoms with Gasteiger partial charge in [0, 0.05) is 19.3 Å². The Balaban J connectivity index is 0. The van der Waals surface area contributed by atoms with Crippen molar-refractivity contribution in [1.29, 1.82) is 0 Å². The average Bonchev–Trinajstić information content (AvgIpc) is 3.23. The Hall–Kier alpha value is -1.34. The predicted molar refractivity (Wildman–Crippen MR) is 260 cm³/mol. The molecule has 7 nitrogen and oxygen atoms in total. The lowest BCUT2D eigenvalue weighted by Gasteiger charge is -2.38. The molecular formula is C54H106ClNO6. The molecule has 8 heteroatoms. The maximum atomic E-state index is 13.1. The summed E-state index contributed by atoms with van der Waals surface area (Å²) in [7, 11) is 6.23. The summed E-state index contributed by atoms with van der Waals surface area (Å²) in [6.45, 7) is 7.53. The molecule has 0 fully saturated rings. The van der Waals surface area contributed by atoms with E-state index in [0.29, 0.717) is 30.3 Å². The van der Waals surface area contributed by atoms with Crippen molar-refractivity contribution in [2.24, 2.45) is 5.41 Å². The first-order chi connectivity index (χ1) is 29.6. The summed E-state index contributed by atoms with van der Waals surface area (Å²) in [6.07, 6.45) is 47.4. The third-order valence-electron chi connectivity index (χ3n) is 12.4. The normalized spacial score (nSPS) is 11.7. The van der Waals surface area contributed by atoms with Crippen LogP contribution in [0.4, 0.5) is 0 Å². The van der Waals surface area contributed by atoms with Gasteiger partial charge >= 0.3 is 17.9 Å². The first-order valence-electron chi connectivity index (χ1n) is 26.8. The number of esters is 3. The number of rotatable bonds is 48. The summed E-state index contributed by atoms with van der Waals surface area (Å²) in [6, 6.07) is 0. The molecule has 62 heavy (non-hydrogen) atoms. The lowest BCUT2D eigenvalue weighted by atomic mass is 9.89. The smallest absolute Gasteiger partial charge is 0.305 e. The van der Waals surface area contributed by atoms with Gasteiger partial charge in [0.25, 0.3) is 0 Å². The van der Waals surface area contributed by atoms with E-state index in [0.717, 1.165) is 57.8 Å². The Kier molecular flexibility index (Phi) is 46.8. The van der Waals surface area contributed by atoms with Crippen molar-refractivity contribution in [1.82, 2.24) is 0 Å². The topological polar surface area (TPSA) is 78.9 Å². The average molecular weight is 901 g/mol. The van der Waals surface area contributed by atoms with E-state index >= 15 is 0 Å². The SMILES string of the molecule is CCCCCCCCCCCCCCCCCC(=O)OCC(COC(=O)CCCCCCCCCCCCC)(COC(=O)CCCCCCCCCCCCC)C[N+](C)(C)C.[Cl-]. The first-order valence-corrected chi connectivity index (χ1v) is 26.8. The zero-order valence-electron chi connectivity index (χ0n) is 42.4. The van der Waals surface area contributed by atoms with E-state index < -0.39 is 5.41 Å². The molecule has 0 heterocycles. The highest BCUT2D eigenvalue weighted by Crippen LogP contribution is 2.25. The number of unbranched alkanes of at least 4 members (excludes halogenated alkanes) is 34. The van der Waals surface area contributed by atoms with E-state index in [1.165, 1.54) is 180 Å². The Morgan fingerprint density at radius 1 is 0.323 bits per heavy atom. The van der Waals surface area contributed by atoms with Gasteiger partial charge in [0.1, 0.15) is 25.2 Å². The standard InChI is InChI=1S/C54H106NO6.ClH/c1-7-10-13-16-19-22-25-26-27-28-31-34-37-40-43-46-53(58)61-50-54(47-55(4,5)6,48-59-51(56)44-41-38-35-32-29-23-20-17-14-11-8-2)49-60-52(57)45-42-39-36-33-30-24-21-18-15-12-9-3;/h7-50H2,1-6H3;1H/q+1;/p-1. The molecular weight excluding hydrogens is 794 g/mol. The fourth-order valence-electron chi connectivity index (χ4n) is 8.69. The van der Waals surface area contributed by atoms with E-state index in [2.05, 4.69) is 41.9 Å². The zero-order valence-corrected chi connectivity index (χ0v) is 43.1. The van der Waals surface area contributed by atoms with Crippen molar-refractivity contribution in [2.75, 3.05) is 47.5 Å². The van der Waals surface area contributed by atoms with Crippen LogP contribution in [0.15, 0.2) is 0 Å². The number of halogens is 1. The van der Waals surface area contributed by atoms with E-state index in [1.54, 1.807) is 0 Å². The van der Waals surface area contributed by atoms with Crippen LogP contribution in [-0.2, 0) is 28.6 Å². The maximum Gasteiger partial charge on any atom is 0.305 e. The second-order valence-electron chi connectivity index (χ2n) is 20.2. The summed E-state index contributed by atoms with van der Waals surface area (Å²) in [4.78, 5) is 39.2. The van der Waals surface area contributed by atoms with Gasteiger partial charge in [-0.1, -0.05) is 239 Å². The van der Waals surface area contributed by atoms with Gasteiger partial charge in [-0.2, -0.15) is 0 Å². The van der Waals surface area contributed by atoms with Crippen LogP contribution in [0.5, 0.6) is 0 Å². The summed E-state index contributed by atoms with van der Waals surface area (Å²) >= 11 is 0. The quantitative estimate of drug-likeness (QED) is 0.0262. The van der Waals surface area contributed by atoms with Gasteiger partial charge in [-0.25, -0.2) is 0 Å².